The average molecular weight is 617 g/mol. The molecule has 4 rings (SSSR count). The molecule has 10 heteroatoms. The molecule has 3 amide bonds. The Labute approximate surface area is 265 Å². The van der Waals surface area contributed by atoms with Crippen molar-refractivity contribution in [3.05, 3.63) is 89.7 Å². The molecule has 240 valence electrons. The van der Waals surface area contributed by atoms with Gasteiger partial charge < -0.3 is 29.7 Å². The molecular weight excluding hydrogens is 572 g/mol. The molecule has 3 aromatic rings. The van der Waals surface area contributed by atoms with Gasteiger partial charge >= 0.3 is 0 Å². The Morgan fingerprint density at radius 3 is 2.51 bits per heavy atom. The van der Waals surface area contributed by atoms with Crippen LogP contribution in [0.5, 0.6) is 5.75 Å². The highest BCUT2D eigenvalue weighted by Crippen LogP contribution is 2.29. The first-order valence-electron chi connectivity index (χ1n) is 15.5. The highest BCUT2D eigenvalue weighted by molar-refractivity contribution is 6.05. The van der Waals surface area contributed by atoms with Gasteiger partial charge in [0.05, 0.1) is 30.4 Å². The predicted octanol–water partition coefficient (Wildman–Crippen LogP) is 4.90. The fraction of sp³-hybridized carbons (Fsp3) is 0.429. The lowest BCUT2D eigenvalue weighted by Gasteiger charge is -2.36. The minimum atomic E-state index is -0.516. The number of amides is 3. The summed E-state index contributed by atoms with van der Waals surface area (Å²) in [5.41, 5.74) is 1.78. The topological polar surface area (TPSA) is 121 Å². The standard InChI is InChI=1S/C35H44N4O6/c1-24-21-39(25(2)23-40)35(43)30-20-29(37-33(41)27-11-6-5-7-12-27)13-14-31(30)45-26(3)10-8-9-19-44-32(24)22-38(4)34(42)28-15-17-36-18-16-28/h5-7,11-18,20,24-26,32,40H,8-10,19,21-23H2,1-4H3,(H,37,41)/t24-,25-,26+,32+/m0/s1. The smallest absolute Gasteiger partial charge is 0.258 e. The number of nitrogens with one attached hydrogen (secondary N) is 1. The van der Waals surface area contributed by atoms with Crippen molar-refractivity contribution in [2.45, 2.75) is 58.3 Å². The molecule has 0 spiro atoms. The van der Waals surface area contributed by atoms with E-state index in [0.717, 1.165) is 19.3 Å². The lowest BCUT2D eigenvalue weighted by atomic mass is 10.0. The Hall–Kier alpha value is -4.28. The van der Waals surface area contributed by atoms with Crippen LogP contribution in [0.1, 0.15) is 71.1 Å². The number of hydrogen-bond donors (Lipinski definition) is 2. The van der Waals surface area contributed by atoms with Gasteiger partial charge in [-0.3, -0.25) is 19.4 Å². The van der Waals surface area contributed by atoms with Crippen LogP contribution in [0.2, 0.25) is 0 Å². The fourth-order valence-electron chi connectivity index (χ4n) is 5.32. The third kappa shape index (κ3) is 9.12. The zero-order chi connectivity index (χ0) is 32.3. The number of likely N-dealkylation sites (N-methyl/N-ethyl adjacent to an activating group) is 1. The van der Waals surface area contributed by atoms with Crippen molar-refractivity contribution in [3.63, 3.8) is 0 Å². The van der Waals surface area contributed by atoms with Crippen LogP contribution in [0.25, 0.3) is 0 Å². The molecule has 1 aliphatic heterocycles. The van der Waals surface area contributed by atoms with Crippen molar-refractivity contribution in [2.24, 2.45) is 5.92 Å². The first-order valence-corrected chi connectivity index (χ1v) is 15.5. The summed E-state index contributed by atoms with van der Waals surface area (Å²) in [6, 6.07) is 16.8. The van der Waals surface area contributed by atoms with Gasteiger partial charge in [-0.25, -0.2) is 0 Å². The molecule has 2 N–H and O–H groups in total. The van der Waals surface area contributed by atoms with E-state index >= 15 is 0 Å². The van der Waals surface area contributed by atoms with E-state index in [4.69, 9.17) is 9.47 Å². The molecule has 0 unspecified atom stereocenters. The summed E-state index contributed by atoms with van der Waals surface area (Å²) in [4.78, 5) is 47.6. The zero-order valence-electron chi connectivity index (χ0n) is 26.5. The second-order valence-electron chi connectivity index (χ2n) is 11.8. The number of hydrogen-bond acceptors (Lipinski definition) is 7. The number of aliphatic hydroxyl groups excluding tert-OH is 1. The van der Waals surface area contributed by atoms with Crippen LogP contribution in [0, 0.1) is 5.92 Å². The molecule has 4 atom stereocenters. The van der Waals surface area contributed by atoms with Gasteiger partial charge in [0.15, 0.2) is 0 Å². The van der Waals surface area contributed by atoms with Crippen molar-refractivity contribution >= 4 is 23.4 Å². The van der Waals surface area contributed by atoms with Crippen LogP contribution in [0.4, 0.5) is 5.69 Å². The van der Waals surface area contributed by atoms with Crippen LogP contribution in [-0.2, 0) is 4.74 Å². The molecule has 0 aliphatic carbocycles. The van der Waals surface area contributed by atoms with E-state index in [9.17, 15) is 19.5 Å². The Kier molecular flexibility index (Phi) is 12.1. The molecule has 0 saturated heterocycles. The lowest BCUT2D eigenvalue weighted by Crippen LogP contribution is -2.48. The van der Waals surface area contributed by atoms with Crippen LogP contribution in [-0.4, -0.2) is 89.2 Å². The number of fused-ring (bicyclic) bond motifs is 1. The van der Waals surface area contributed by atoms with Crippen LogP contribution in [0.3, 0.4) is 0 Å². The van der Waals surface area contributed by atoms with Gasteiger partial charge in [0, 0.05) is 61.9 Å². The third-order valence-electron chi connectivity index (χ3n) is 8.07. The summed E-state index contributed by atoms with van der Waals surface area (Å²) >= 11 is 0. The van der Waals surface area contributed by atoms with E-state index in [2.05, 4.69) is 10.3 Å². The molecule has 0 fully saturated rings. The first-order chi connectivity index (χ1) is 21.7. The molecule has 1 aliphatic rings. The Morgan fingerprint density at radius 1 is 1.07 bits per heavy atom. The highest BCUT2D eigenvalue weighted by Gasteiger charge is 2.31. The van der Waals surface area contributed by atoms with Crippen LogP contribution < -0.4 is 10.1 Å². The number of nitrogens with zero attached hydrogens (tertiary/aromatic N) is 3. The summed E-state index contributed by atoms with van der Waals surface area (Å²) in [7, 11) is 1.74. The number of rotatable bonds is 7. The minimum absolute atomic E-state index is 0.144. The monoisotopic (exact) mass is 616 g/mol. The molecule has 0 saturated carbocycles. The van der Waals surface area contributed by atoms with Gasteiger partial charge in [0.25, 0.3) is 17.7 Å². The Balaban J connectivity index is 1.63. The number of carbonyl (C=O) groups is 3. The summed E-state index contributed by atoms with van der Waals surface area (Å²) in [6.45, 7) is 6.58. The molecular formula is C35H44N4O6. The number of pyridine rings is 1. The van der Waals surface area contributed by atoms with Gasteiger partial charge in [-0.05, 0) is 75.6 Å². The fourth-order valence-corrected chi connectivity index (χ4v) is 5.32. The van der Waals surface area contributed by atoms with E-state index in [1.54, 1.807) is 90.8 Å². The highest BCUT2D eigenvalue weighted by atomic mass is 16.5. The van der Waals surface area contributed by atoms with Gasteiger partial charge in [-0.1, -0.05) is 25.1 Å². The van der Waals surface area contributed by atoms with E-state index < -0.39 is 6.04 Å². The summed E-state index contributed by atoms with van der Waals surface area (Å²) < 4.78 is 12.6. The van der Waals surface area contributed by atoms with Crippen molar-refractivity contribution in [1.29, 1.82) is 0 Å². The number of ether oxygens (including phenoxy) is 2. The first kappa shape index (κ1) is 33.6. The summed E-state index contributed by atoms with van der Waals surface area (Å²) in [6.07, 6.45) is 5.05. The van der Waals surface area contributed by atoms with Gasteiger partial charge in [0.2, 0.25) is 0 Å². The van der Waals surface area contributed by atoms with Crippen molar-refractivity contribution in [2.75, 3.05) is 38.7 Å². The van der Waals surface area contributed by atoms with E-state index in [-0.39, 0.29) is 49.0 Å². The van der Waals surface area contributed by atoms with Crippen molar-refractivity contribution in [3.8, 4) is 5.75 Å². The van der Waals surface area contributed by atoms with Crippen LogP contribution >= 0.6 is 0 Å². The SMILES string of the molecule is C[C@@H]1CCCCO[C@H](CN(C)C(=O)c2ccncc2)[C@@H](C)CN([C@@H](C)CO)C(=O)c2cc(NC(=O)c3ccccc3)ccc2O1. The maximum Gasteiger partial charge on any atom is 0.258 e. The number of aliphatic hydroxyl groups is 1. The van der Waals surface area contributed by atoms with Gasteiger partial charge in [-0.2, -0.15) is 0 Å². The second kappa shape index (κ2) is 16.2. The minimum Gasteiger partial charge on any atom is -0.490 e. The number of aromatic nitrogens is 1. The number of benzene rings is 2. The van der Waals surface area contributed by atoms with E-state index in [1.807, 2.05) is 19.9 Å². The van der Waals surface area contributed by atoms with Gasteiger partial charge in [0.1, 0.15) is 5.75 Å². The van der Waals surface area contributed by atoms with Gasteiger partial charge in [-0.15, -0.1) is 0 Å². The maximum absolute atomic E-state index is 14.3. The molecule has 0 bridgehead atoms. The van der Waals surface area contributed by atoms with Crippen LogP contribution in [0.15, 0.2) is 73.1 Å². The van der Waals surface area contributed by atoms with E-state index in [0.29, 0.717) is 41.3 Å². The Bertz CT molecular complexity index is 1420. The zero-order valence-corrected chi connectivity index (χ0v) is 26.5. The molecule has 0 radical (unpaired) electrons. The molecule has 2 aromatic carbocycles. The maximum atomic E-state index is 14.3. The molecule has 45 heavy (non-hydrogen) atoms. The Morgan fingerprint density at radius 2 is 1.80 bits per heavy atom. The quantitative estimate of drug-likeness (QED) is 0.387. The normalized spacial score (nSPS) is 20.2. The lowest BCUT2D eigenvalue weighted by molar-refractivity contribution is -0.0149. The summed E-state index contributed by atoms with van der Waals surface area (Å²) in [5.74, 6) is -0.547. The van der Waals surface area contributed by atoms with Crippen molar-refractivity contribution < 1.29 is 29.0 Å². The number of anilines is 1. The predicted molar refractivity (Wildman–Crippen MR) is 172 cm³/mol. The average Bonchev–Trinajstić information content (AvgIpc) is 3.06. The summed E-state index contributed by atoms with van der Waals surface area (Å²) in [5, 5.41) is 13.1. The number of carbonyl (C=O) groups excluding carboxylic acids is 3. The molecule has 10 nitrogen and oxygen atoms in total. The largest absolute Gasteiger partial charge is 0.490 e. The second-order valence-corrected chi connectivity index (χ2v) is 11.8. The van der Waals surface area contributed by atoms with Crippen molar-refractivity contribution in [1.82, 2.24) is 14.8 Å². The van der Waals surface area contributed by atoms with E-state index in [1.165, 1.54) is 0 Å². The molecule has 2 heterocycles. The third-order valence-corrected chi connectivity index (χ3v) is 8.07. The molecule has 1 aromatic heterocycles.